The Kier molecular flexibility index (Phi) is 4.09. The summed E-state index contributed by atoms with van der Waals surface area (Å²) in [6.07, 6.45) is 4.47. The zero-order valence-electron chi connectivity index (χ0n) is 13.7. The molecule has 1 aliphatic heterocycles. The number of aromatic nitrogens is 3. The van der Waals surface area contributed by atoms with Gasteiger partial charge < -0.3 is 4.90 Å². The molecule has 0 fully saturated rings. The molecule has 3 aromatic rings. The maximum absolute atomic E-state index is 14.5. The molecule has 5 nitrogen and oxygen atoms in total. The van der Waals surface area contributed by atoms with E-state index >= 15 is 0 Å². The summed E-state index contributed by atoms with van der Waals surface area (Å²) >= 11 is 1.74. The summed E-state index contributed by atoms with van der Waals surface area (Å²) in [5.41, 5.74) is 1.87. The lowest BCUT2D eigenvalue weighted by atomic mass is 9.97. The predicted octanol–water partition coefficient (Wildman–Crippen LogP) is 3.62. The zero-order chi connectivity index (χ0) is 17.4. The lowest BCUT2D eigenvalue weighted by Gasteiger charge is -2.35. The van der Waals surface area contributed by atoms with Gasteiger partial charge in [0.25, 0.3) is 5.91 Å². The number of nitrogens with zero attached hydrogens (tertiary/aromatic N) is 4. The Morgan fingerprint density at radius 1 is 1.40 bits per heavy atom. The Labute approximate surface area is 148 Å². The van der Waals surface area contributed by atoms with E-state index in [9.17, 15) is 9.18 Å². The monoisotopic (exact) mass is 356 g/mol. The lowest BCUT2D eigenvalue weighted by Crippen LogP contribution is -2.39. The summed E-state index contributed by atoms with van der Waals surface area (Å²) in [4.78, 5) is 20.0. The summed E-state index contributed by atoms with van der Waals surface area (Å²) in [6, 6.07) is 6.66. The standard InChI is InChI=1S/C18H17FN4OS/c1-2-15-13-6-8-25-17(13)5-7-22(15)18(24)12-3-4-16(14(19)9-12)23-11-20-10-21-23/h3-4,6,8-11,15H,2,5,7H2,1H3. The molecular weight excluding hydrogens is 339 g/mol. The van der Waals surface area contributed by atoms with Crippen LogP contribution >= 0.6 is 11.3 Å². The van der Waals surface area contributed by atoms with Crippen LogP contribution in [0.3, 0.4) is 0 Å². The molecule has 0 saturated carbocycles. The fourth-order valence-corrected chi connectivity index (χ4v) is 4.33. The third-order valence-electron chi connectivity index (χ3n) is 4.60. The molecule has 1 atom stereocenters. The van der Waals surface area contributed by atoms with Crippen molar-refractivity contribution in [3.63, 3.8) is 0 Å². The second-order valence-corrected chi connectivity index (χ2v) is 6.98. The van der Waals surface area contributed by atoms with Crippen molar-refractivity contribution in [3.05, 3.63) is 64.1 Å². The van der Waals surface area contributed by atoms with Crippen LogP contribution in [-0.4, -0.2) is 32.1 Å². The van der Waals surface area contributed by atoms with Crippen LogP contribution in [-0.2, 0) is 6.42 Å². The number of thiophene rings is 1. The topological polar surface area (TPSA) is 51.0 Å². The van der Waals surface area contributed by atoms with Gasteiger partial charge in [-0.15, -0.1) is 11.3 Å². The number of rotatable bonds is 3. The van der Waals surface area contributed by atoms with Gasteiger partial charge in [-0.3, -0.25) is 4.79 Å². The highest BCUT2D eigenvalue weighted by molar-refractivity contribution is 7.10. The van der Waals surface area contributed by atoms with E-state index in [-0.39, 0.29) is 17.6 Å². The number of fused-ring (bicyclic) bond motifs is 1. The van der Waals surface area contributed by atoms with E-state index in [1.54, 1.807) is 23.5 Å². The SMILES string of the molecule is CCC1c2ccsc2CCN1C(=O)c1ccc(-n2cncn2)c(F)c1. The Hall–Kier alpha value is -2.54. The molecule has 2 aromatic heterocycles. The maximum Gasteiger partial charge on any atom is 0.254 e. The van der Waals surface area contributed by atoms with Crippen molar-refractivity contribution in [2.24, 2.45) is 0 Å². The summed E-state index contributed by atoms with van der Waals surface area (Å²) in [5, 5.41) is 6.00. The Balaban J connectivity index is 1.64. The van der Waals surface area contributed by atoms with Crippen LogP contribution in [0, 0.1) is 5.82 Å². The van der Waals surface area contributed by atoms with Gasteiger partial charge in [-0.2, -0.15) is 5.10 Å². The Morgan fingerprint density at radius 2 is 2.28 bits per heavy atom. The molecule has 0 radical (unpaired) electrons. The molecular formula is C18H17FN4OS. The minimum Gasteiger partial charge on any atom is -0.331 e. The van der Waals surface area contributed by atoms with Gasteiger partial charge in [-0.1, -0.05) is 6.92 Å². The van der Waals surface area contributed by atoms with Gasteiger partial charge in [-0.05, 0) is 48.1 Å². The molecule has 0 spiro atoms. The first kappa shape index (κ1) is 16.0. The van der Waals surface area contributed by atoms with Crippen molar-refractivity contribution < 1.29 is 9.18 Å². The molecule has 0 saturated heterocycles. The Bertz CT molecular complexity index is 906. The van der Waals surface area contributed by atoms with Gasteiger partial charge >= 0.3 is 0 Å². The molecule has 7 heteroatoms. The van der Waals surface area contributed by atoms with Crippen LogP contribution in [0.15, 0.2) is 42.3 Å². The van der Waals surface area contributed by atoms with Crippen molar-refractivity contribution in [2.45, 2.75) is 25.8 Å². The number of halogens is 1. The molecule has 1 aromatic carbocycles. The fraction of sp³-hybridized carbons (Fsp3) is 0.278. The zero-order valence-corrected chi connectivity index (χ0v) is 14.5. The number of hydrogen-bond acceptors (Lipinski definition) is 4. The van der Waals surface area contributed by atoms with Crippen molar-refractivity contribution in [2.75, 3.05) is 6.54 Å². The van der Waals surface area contributed by atoms with Crippen molar-refractivity contribution in [3.8, 4) is 5.69 Å². The first-order chi connectivity index (χ1) is 12.2. The van der Waals surface area contributed by atoms with E-state index < -0.39 is 5.82 Å². The van der Waals surface area contributed by atoms with Crippen LogP contribution in [0.1, 0.15) is 40.2 Å². The van der Waals surface area contributed by atoms with Crippen molar-refractivity contribution in [1.82, 2.24) is 19.7 Å². The second kappa shape index (κ2) is 6.40. The van der Waals surface area contributed by atoms with Crippen molar-refractivity contribution in [1.29, 1.82) is 0 Å². The molecule has 0 aliphatic carbocycles. The number of benzene rings is 1. The quantitative estimate of drug-likeness (QED) is 0.720. The van der Waals surface area contributed by atoms with E-state index in [4.69, 9.17) is 0 Å². The van der Waals surface area contributed by atoms with E-state index in [1.807, 2.05) is 4.90 Å². The molecule has 25 heavy (non-hydrogen) atoms. The molecule has 0 N–H and O–H groups in total. The number of amides is 1. The van der Waals surface area contributed by atoms with Crippen LogP contribution in [0.25, 0.3) is 5.69 Å². The number of hydrogen-bond donors (Lipinski definition) is 0. The average molecular weight is 356 g/mol. The molecule has 4 rings (SSSR count). The number of carbonyl (C=O) groups excluding carboxylic acids is 1. The highest BCUT2D eigenvalue weighted by Crippen LogP contribution is 2.36. The normalized spacial score (nSPS) is 16.7. The fourth-order valence-electron chi connectivity index (χ4n) is 3.40. The van der Waals surface area contributed by atoms with Gasteiger partial charge in [0.15, 0.2) is 0 Å². The van der Waals surface area contributed by atoms with E-state index in [0.717, 1.165) is 12.8 Å². The first-order valence-corrected chi connectivity index (χ1v) is 9.08. The summed E-state index contributed by atoms with van der Waals surface area (Å²) < 4.78 is 15.8. The summed E-state index contributed by atoms with van der Waals surface area (Å²) in [5.74, 6) is -0.620. The van der Waals surface area contributed by atoms with Gasteiger partial charge in [0.2, 0.25) is 0 Å². The third kappa shape index (κ3) is 2.74. The smallest absolute Gasteiger partial charge is 0.254 e. The van der Waals surface area contributed by atoms with Crippen LogP contribution in [0.2, 0.25) is 0 Å². The van der Waals surface area contributed by atoms with E-state index in [2.05, 4.69) is 28.5 Å². The van der Waals surface area contributed by atoms with Crippen LogP contribution in [0.5, 0.6) is 0 Å². The molecule has 3 heterocycles. The largest absolute Gasteiger partial charge is 0.331 e. The van der Waals surface area contributed by atoms with Crippen LogP contribution in [0.4, 0.5) is 4.39 Å². The van der Waals surface area contributed by atoms with Gasteiger partial charge in [-0.25, -0.2) is 14.1 Å². The van der Waals surface area contributed by atoms with Gasteiger partial charge in [0.05, 0.1) is 6.04 Å². The molecule has 128 valence electrons. The average Bonchev–Trinajstić information content (AvgIpc) is 3.31. The van der Waals surface area contributed by atoms with Gasteiger partial charge in [0.1, 0.15) is 24.2 Å². The summed E-state index contributed by atoms with van der Waals surface area (Å²) in [6.45, 7) is 2.74. The van der Waals surface area contributed by atoms with Gasteiger partial charge in [0, 0.05) is 17.0 Å². The molecule has 0 bridgehead atoms. The highest BCUT2D eigenvalue weighted by Gasteiger charge is 2.31. The second-order valence-electron chi connectivity index (χ2n) is 5.98. The third-order valence-corrected chi connectivity index (χ3v) is 5.60. The maximum atomic E-state index is 14.5. The summed E-state index contributed by atoms with van der Waals surface area (Å²) in [7, 11) is 0. The molecule has 1 aliphatic rings. The van der Waals surface area contributed by atoms with Crippen LogP contribution < -0.4 is 0 Å². The Morgan fingerprint density at radius 3 is 3.00 bits per heavy atom. The minimum atomic E-state index is -0.488. The molecule has 1 unspecified atom stereocenters. The number of carbonyl (C=O) groups is 1. The first-order valence-electron chi connectivity index (χ1n) is 8.20. The lowest BCUT2D eigenvalue weighted by molar-refractivity contribution is 0.0657. The minimum absolute atomic E-state index is 0.0561. The van der Waals surface area contributed by atoms with E-state index in [0.29, 0.717) is 12.1 Å². The molecule has 1 amide bonds. The highest BCUT2D eigenvalue weighted by atomic mass is 32.1. The predicted molar refractivity (Wildman–Crippen MR) is 93.4 cm³/mol. The van der Waals surface area contributed by atoms with E-state index in [1.165, 1.54) is 33.8 Å². The van der Waals surface area contributed by atoms with Crippen molar-refractivity contribution >= 4 is 17.2 Å².